The molecule has 2 atom stereocenters. The number of hydrogen-bond donors (Lipinski definition) is 1. The van der Waals surface area contributed by atoms with Gasteiger partial charge in [-0.3, -0.25) is 4.90 Å². The number of nitrogens with two attached hydrogens (primary N) is 1. The summed E-state index contributed by atoms with van der Waals surface area (Å²) in [5, 5.41) is 0. The zero-order valence-corrected chi connectivity index (χ0v) is 12.4. The molecule has 0 saturated carbocycles. The zero-order valence-electron chi connectivity index (χ0n) is 12.4. The van der Waals surface area contributed by atoms with Crippen molar-refractivity contribution in [3.63, 3.8) is 0 Å². The minimum absolute atomic E-state index is 0.388. The first-order valence-corrected chi connectivity index (χ1v) is 7.81. The van der Waals surface area contributed by atoms with Gasteiger partial charge in [-0.1, -0.05) is 44.0 Å². The van der Waals surface area contributed by atoms with E-state index in [0.717, 1.165) is 13.0 Å². The maximum absolute atomic E-state index is 6.08. The van der Waals surface area contributed by atoms with Gasteiger partial charge in [0.1, 0.15) is 0 Å². The summed E-state index contributed by atoms with van der Waals surface area (Å²) in [6.07, 6.45) is 6.46. The number of benzene rings is 1. The fourth-order valence-corrected chi connectivity index (χ4v) is 3.20. The molecule has 0 radical (unpaired) electrons. The smallest absolute Gasteiger partial charge is 0.0473 e. The third-order valence-corrected chi connectivity index (χ3v) is 4.50. The first-order valence-electron chi connectivity index (χ1n) is 7.81. The highest BCUT2D eigenvalue weighted by Crippen LogP contribution is 2.27. The van der Waals surface area contributed by atoms with Gasteiger partial charge in [-0.05, 0) is 43.9 Å². The molecule has 1 saturated heterocycles. The van der Waals surface area contributed by atoms with E-state index in [4.69, 9.17) is 5.73 Å². The van der Waals surface area contributed by atoms with Gasteiger partial charge >= 0.3 is 0 Å². The number of aryl methyl sites for hydroxylation is 1. The molecular weight excluding hydrogens is 232 g/mol. The summed E-state index contributed by atoms with van der Waals surface area (Å²) in [4.78, 5) is 2.62. The highest BCUT2D eigenvalue weighted by atomic mass is 15.2. The highest BCUT2D eigenvalue weighted by molar-refractivity contribution is 5.25. The molecule has 0 aromatic heterocycles. The summed E-state index contributed by atoms with van der Waals surface area (Å²) in [5.41, 5.74) is 8.87. The summed E-state index contributed by atoms with van der Waals surface area (Å²) >= 11 is 0. The van der Waals surface area contributed by atoms with Crippen LogP contribution in [0, 0.1) is 0 Å². The first kappa shape index (κ1) is 14.5. The van der Waals surface area contributed by atoms with Crippen LogP contribution < -0.4 is 5.73 Å². The van der Waals surface area contributed by atoms with Gasteiger partial charge in [-0.15, -0.1) is 0 Å². The lowest BCUT2D eigenvalue weighted by Gasteiger charge is -2.35. The Balaban J connectivity index is 2.16. The normalized spacial score (nSPS) is 23.0. The van der Waals surface area contributed by atoms with Crippen LogP contribution in [0.5, 0.6) is 0 Å². The van der Waals surface area contributed by atoms with E-state index in [1.54, 1.807) is 0 Å². The predicted molar refractivity (Wildman–Crippen MR) is 82.3 cm³/mol. The molecule has 1 fully saturated rings. The molecule has 0 spiro atoms. The molecule has 0 aliphatic carbocycles. The largest absolute Gasteiger partial charge is 0.329 e. The predicted octanol–water partition coefficient (Wildman–Crippen LogP) is 3.51. The standard InChI is InChI=1S/C17H28N2/c1-3-15-8-10-16(11-9-15)17(13-18)19-12-6-4-5-7-14(19)2/h8-11,14,17H,3-7,12-13,18H2,1-2H3. The third kappa shape index (κ3) is 3.58. The quantitative estimate of drug-likeness (QED) is 0.897. The molecular formula is C17H28N2. The molecule has 1 heterocycles. The van der Waals surface area contributed by atoms with Crippen LogP contribution in [0.15, 0.2) is 24.3 Å². The van der Waals surface area contributed by atoms with E-state index in [9.17, 15) is 0 Å². The van der Waals surface area contributed by atoms with E-state index >= 15 is 0 Å². The number of hydrogen-bond acceptors (Lipinski definition) is 2. The minimum atomic E-state index is 0.388. The second-order valence-corrected chi connectivity index (χ2v) is 5.78. The fourth-order valence-electron chi connectivity index (χ4n) is 3.20. The van der Waals surface area contributed by atoms with E-state index in [-0.39, 0.29) is 0 Å². The molecule has 2 heteroatoms. The Bertz CT molecular complexity index is 371. The van der Waals surface area contributed by atoms with Crippen LogP contribution in [-0.2, 0) is 6.42 Å². The van der Waals surface area contributed by atoms with Crippen molar-refractivity contribution in [1.29, 1.82) is 0 Å². The van der Waals surface area contributed by atoms with Gasteiger partial charge < -0.3 is 5.73 Å². The van der Waals surface area contributed by atoms with Gasteiger partial charge in [-0.2, -0.15) is 0 Å². The monoisotopic (exact) mass is 260 g/mol. The van der Waals surface area contributed by atoms with E-state index in [0.29, 0.717) is 12.1 Å². The van der Waals surface area contributed by atoms with Crippen molar-refractivity contribution in [3.05, 3.63) is 35.4 Å². The second-order valence-electron chi connectivity index (χ2n) is 5.78. The van der Waals surface area contributed by atoms with Gasteiger partial charge in [-0.25, -0.2) is 0 Å². The number of nitrogens with zero attached hydrogens (tertiary/aromatic N) is 1. The van der Waals surface area contributed by atoms with Crippen molar-refractivity contribution in [2.45, 2.75) is 58.0 Å². The van der Waals surface area contributed by atoms with Gasteiger partial charge in [0.15, 0.2) is 0 Å². The maximum atomic E-state index is 6.08. The van der Waals surface area contributed by atoms with E-state index < -0.39 is 0 Å². The van der Waals surface area contributed by atoms with Crippen molar-refractivity contribution < 1.29 is 0 Å². The van der Waals surface area contributed by atoms with Crippen LogP contribution in [0.25, 0.3) is 0 Å². The van der Waals surface area contributed by atoms with Gasteiger partial charge in [0.2, 0.25) is 0 Å². The Kier molecular flexibility index (Phi) is 5.41. The molecule has 2 N–H and O–H groups in total. The van der Waals surface area contributed by atoms with Crippen molar-refractivity contribution in [3.8, 4) is 0 Å². The molecule has 1 aromatic carbocycles. The molecule has 2 nitrogen and oxygen atoms in total. The van der Waals surface area contributed by atoms with Crippen LogP contribution in [0.1, 0.15) is 56.7 Å². The average molecular weight is 260 g/mol. The lowest BCUT2D eigenvalue weighted by Crippen LogP contribution is -2.39. The molecule has 106 valence electrons. The van der Waals surface area contributed by atoms with Crippen molar-refractivity contribution >= 4 is 0 Å². The van der Waals surface area contributed by atoms with E-state index in [1.165, 1.54) is 43.4 Å². The van der Waals surface area contributed by atoms with Crippen molar-refractivity contribution in [2.24, 2.45) is 5.73 Å². The average Bonchev–Trinajstić information content (AvgIpc) is 2.66. The molecule has 0 amide bonds. The maximum Gasteiger partial charge on any atom is 0.0473 e. The molecule has 1 aliphatic heterocycles. The fraction of sp³-hybridized carbons (Fsp3) is 0.647. The molecule has 1 aliphatic rings. The van der Waals surface area contributed by atoms with Crippen LogP contribution in [-0.4, -0.2) is 24.0 Å². The Morgan fingerprint density at radius 2 is 1.95 bits per heavy atom. The molecule has 19 heavy (non-hydrogen) atoms. The van der Waals surface area contributed by atoms with Crippen LogP contribution >= 0.6 is 0 Å². The van der Waals surface area contributed by atoms with E-state index in [2.05, 4.69) is 43.0 Å². The number of likely N-dealkylation sites (tertiary alicyclic amines) is 1. The Morgan fingerprint density at radius 3 is 2.58 bits per heavy atom. The van der Waals surface area contributed by atoms with Gasteiger partial charge in [0, 0.05) is 18.6 Å². The minimum Gasteiger partial charge on any atom is -0.329 e. The second kappa shape index (κ2) is 7.06. The van der Waals surface area contributed by atoms with Crippen LogP contribution in [0.2, 0.25) is 0 Å². The Hall–Kier alpha value is -0.860. The Labute approximate surface area is 118 Å². The van der Waals surface area contributed by atoms with Gasteiger partial charge in [0.05, 0.1) is 0 Å². The third-order valence-electron chi connectivity index (χ3n) is 4.50. The summed E-state index contributed by atoms with van der Waals surface area (Å²) in [5.74, 6) is 0. The molecule has 2 unspecified atom stereocenters. The summed E-state index contributed by atoms with van der Waals surface area (Å²) < 4.78 is 0. The lowest BCUT2D eigenvalue weighted by molar-refractivity contribution is 0.151. The van der Waals surface area contributed by atoms with Gasteiger partial charge in [0.25, 0.3) is 0 Å². The van der Waals surface area contributed by atoms with Crippen molar-refractivity contribution in [2.75, 3.05) is 13.1 Å². The molecule has 0 bridgehead atoms. The van der Waals surface area contributed by atoms with E-state index in [1.807, 2.05) is 0 Å². The SMILES string of the molecule is CCc1ccc(C(CN)N2CCCCCC2C)cc1. The summed E-state index contributed by atoms with van der Waals surface area (Å²) in [6.45, 7) is 6.47. The topological polar surface area (TPSA) is 29.3 Å². The zero-order chi connectivity index (χ0) is 13.7. The Morgan fingerprint density at radius 1 is 1.21 bits per heavy atom. The molecule has 1 aromatic rings. The molecule has 2 rings (SSSR count). The lowest BCUT2D eigenvalue weighted by atomic mass is 10.0. The first-order chi connectivity index (χ1) is 9.26. The van der Waals surface area contributed by atoms with Crippen molar-refractivity contribution in [1.82, 2.24) is 4.90 Å². The summed E-state index contributed by atoms with van der Waals surface area (Å²) in [6, 6.07) is 10.1. The van der Waals surface area contributed by atoms with Crippen LogP contribution in [0.4, 0.5) is 0 Å². The highest BCUT2D eigenvalue weighted by Gasteiger charge is 2.25. The summed E-state index contributed by atoms with van der Waals surface area (Å²) in [7, 11) is 0. The van der Waals surface area contributed by atoms with Crippen LogP contribution in [0.3, 0.4) is 0 Å². The number of rotatable bonds is 4.